The van der Waals surface area contributed by atoms with E-state index in [4.69, 9.17) is 0 Å². The van der Waals surface area contributed by atoms with E-state index >= 15 is 0 Å². The van der Waals surface area contributed by atoms with Gasteiger partial charge in [-0.3, -0.25) is 0 Å². The second kappa shape index (κ2) is 6.30. The number of hydrogen-bond donors (Lipinski definition) is 2. The van der Waals surface area contributed by atoms with Gasteiger partial charge in [-0.25, -0.2) is 4.39 Å². The van der Waals surface area contributed by atoms with Crippen LogP contribution in [0.25, 0.3) is 0 Å². The Bertz CT molecular complexity index is 359. The first kappa shape index (κ1) is 15.1. The zero-order valence-electron chi connectivity index (χ0n) is 11.7. The smallest absolute Gasteiger partial charge is 0.123 e. The lowest BCUT2D eigenvalue weighted by atomic mass is 9.94. The highest BCUT2D eigenvalue weighted by molar-refractivity contribution is 5.19. The Hall–Kier alpha value is -0.930. The third-order valence-corrected chi connectivity index (χ3v) is 3.01. The first-order chi connectivity index (χ1) is 8.30. The molecule has 18 heavy (non-hydrogen) atoms. The van der Waals surface area contributed by atoms with Crippen molar-refractivity contribution in [2.45, 2.75) is 45.8 Å². The lowest BCUT2D eigenvalue weighted by Gasteiger charge is -2.27. The van der Waals surface area contributed by atoms with E-state index < -0.39 is 5.60 Å². The number of halogens is 1. The molecule has 0 aromatic heterocycles. The molecule has 3 heteroatoms. The normalized spacial score (nSPS) is 16.6. The van der Waals surface area contributed by atoms with Crippen LogP contribution in [0.5, 0.6) is 0 Å². The van der Waals surface area contributed by atoms with Crippen molar-refractivity contribution in [3.8, 4) is 0 Å². The van der Waals surface area contributed by atoms with Crippen molar-refractivity contribution < 1.29 is 9.50 Å². The molecular weight excluding hydrogens is 229 g/mol. The molecule has 0 radical (unpaired) electrons. The Morgan fingerprint density at radius 1 is 1.22 bits per heavy atom. The van der Waals surface area contributed by atoms with Gasteiger partial charge in [-0.15, -0.1) is 0 Å². The molecule has 0 aliphatic rings. The molecule has 0 heterocycles. The SMILES string of the molecule is CC(C)CC(C)(O)CNC(C)c1ccc(F)cc1. The summed E-state index contributed by atoms with van der Waals surface area (Å²) in [6, 6.07) is 6.55. The first-order valence-corrected chi connectivity index (χ1v) is 6.51. The third kappa shape index (κ3) is 5.15. The van der Waals surface area contributed by atoms with Crippen LogP contribution in [0.15, 0.2) is 24.3 Å². The number of nitrogens with one attached hydrogen (secondary N) is 1. The molecule has 2 atom stereocenters. The van der Waals surface area contributed by atoms with Gasteiger partial charge < -0.3 is 10.4 Å². The molecule has 0 spiro atoms. The Kier molecular flexibility index (Phi) is 5.29. The monoisotopic (exact) mass is 253 g/mol. The minimum atomic E-state index is -0.706. The van der Waals surface area contributed by atoms with E-state index in [1.165, 1.54) is 12.1 Å². The van der Waals surface area contributed by atoms with Gasteiger partial charge in [0.2, 0.25) is 0 Å². The van der Waals surface area contributed by atoms with Gasteiger partial charge in [0.1, 0.15) is 5.82 Å². The van der Waals surface area contributed by atoms with E-state index in [9.17, 15) is 9.50 Å². The van der Waals surface area contributed by atoms with Gasteiger partial charge in [0.15, 0.2) is 0 Å². The average Bonchev–Trinajstić information content (AvgIpc) is 2.25. The Balaban J connectivity index is 2.50. The summed E-state index contributed by atoms with van der Waals surface area (Å²) in [5, 5.41) is 13.5. The quantitative estimate of drug-likeness (QED) is 0.815. The first-order valence-electron chi connectivity index (χ1n) is 6.51. The van der Waals surface area contributed by atoms with Crippen molar-refractivity contribution in [2.75, 3.05) is 6.54 Å². The lowest BCUT2D eigenvalue weighted by molar-refractivity contribution is 0.0363. The zero-order chi connectivity index (χ0) is 13.8. The van der Waals surface area contributed by atoms with Crippen LogP contribution < -0.4 is 5.32 Å². The third-order valence-electron chi connectivity index (χ3n) is 3.01. The van der Waals surface area contributed by atoms with E-state index in [2.05, 4.69) is 19.2 Å². The Morgan fingerprint density at radius 2 is 1.78 bits per heavy atom. The molecule has 1 rings (SSSR count). The van der Waals surface area contributed by atoms with E-state index in [1.807, 2.05) is 13.8 Å². The predicted octanol–water partition coefficient (Wildman–Crippen LogP) is 3.27. The maximum Gasteiger partial charge on any atom is 0.123 e. The fourth-order valence-corrected chi connectivity index (χ4v) is 2.19. The predicted molar refractivity (Wildman–Crippen MR) is 72.9 cm³/mol. The highest BCUT2D eigenvalue weighted by atomic mass is 19.1. The van der Waals surface area contributed by atoms with E-state index in [1.54, 1.807) is 12.1 Å². The molecule has 2 unspecified atom stereocenters. The Morgan fingerprint density at radius 3 is 2.28 bits per heavy atom. The van der Waals surface area contributed by atoms with Gasteiger partial charge in [-0.1, -0.05) is 26.0 Å². The molecule has 0 aliphatic carbocycles. The molecule has 0 saturated heterocycles. The van der Waals surface area contributed by atoms with Crippen LogP contribution in [0.1, 0.15) is 45.7 Å². The summed E-state index contributed by atoms with van der Waals surface area (Å²) in [5.74, 6) is 0.237. The van der Waals surface area contributed by atoms with Crippen molar-refractivity contribution in [3.05, 3.63) is 35.6 Å². The highest BCUT2D eigenvalue weighted by Crippen LogP contribution is 2.18. The molecule has 0 saturated carbocycles. The molecule has 1 aromatic rings. The second-order valence-electron chi connectivity index (χ2n) is 5.75. The van der Waals surface area contributed by atoms with Crippen molar-refractivity contribution in [1.29, 1.82) is 0 Å². The summed E-state index contributed by atoms with van der Waals surface area (Å²) in [4.78, 5) is 0. The van der Waals surface area contributed by atoms with Crippen LogP contribution in [0, 0.1) is 11.7 Å². The average molecular weight is 253 g/mol. The Labute approximate surface area is 109 Å². The molecular formula is C15H24FNO. The number of aliphatic hydroxyl groups is 1. The summed E-state index contributed by atoms with van der Waals surface area (Å²) in [6.07, 6.45) is 0.760. The van der Waals surface area contributed by atoms with Gasteiger partial charge in [0.05, 0.1) is 5.60 Å². The van der Waals surface area contributed by atoms with Crippen LogP contribution in [0.4, 0.5) is 4.39 Å². The summed E-state index contributed by atoms with van der Waals surface area (Å²) in [5.41, 5.74) is 0.319. The van der Waals surface area contributed by atoms with Crippen molar-refractivity contribution in [2.24, 2.45) is 5.92 Å². The molecule has 0 aliphatic heterocycles. The molecule has 2 N–H and O–H groups in total. The molecule has 0 amide bonds. The summed E-state index contributed by atoms with van der Waals surface area (Å²) < 4.78 is 12.8. The van der Waals surface area contributed by atoms with Gasteiger partial charge in [-0.05, 0) is 43.9 Å². The largest absolute Gasteiger partial charge is 0.389 e. The van der Waals surface area contributed by atoms with Gasteiger partial charge in [0, 0.05) is 12.6 Å². The number of rotatable bonds is 6. The fraction of sp³-hybridized carbons (Fsp3) is 0.600. The number of hydrogen-bond acceptors (Lipinski definition) is 2. The molecule has 0 bridgehead atoms. The molecule has 2 nitrogen and oxygen atoms in total. The minimum Gasteiger partial charge on any atom is -0.389 e. The minimum absolute atomic E-state index is 0.101. The van der Waals surface area contributed by atoms with Crippen LogP contribution in [-0.2, 0) is 0 Å². The lowest BCUT2D eigenvalue weighted by Crippen LogP contribution is -2.39. The van der Waals surface area contributed by atoms with Gasteiger partial charge in [0.25, 0.3) is 0 Å². The fourth-order valence-electron chi connectivity index (χ4n) is 2.19. The zero-order valence-corrected chi connectivity index (χ0v) is 11.7. The van der Waals surface area contributed by atoms with Crippen LogP contribution in [0.2, 0.25) is 0 Å². The summed E-state index contributed by atoms with van der Waals surface area (Å²) in [7, 11) is 0. The van der Waals surface area contributed by atoms with Gasteiger partial charge in [-0.2, -0.15) is 0 Å². The number of benzene rings is 1. The molecule has 1 aromatic carbocycles. The highest BCUT2D eigenvalue weighted by Gasteiger charge is 2.22. The standard InChI is InChI=1S/C15H24FNO/c1-11(2)9-15(4,18)10-17-12(3)13-5-7-14(16)8-6-13/h5-8,11-12,17-18H,9-10H2,1-4H3. The molecule has 0 fully saturated rings. The maximum atomic E-state index is 12.8. The molecule has 102 valence electrons. The van der Waals surface area contributed by atoms with Crippen LogP contribution in [0.3, 0.4) is 0 Å². The second-order valence-corrected chi connectivity index (χ2v) is 5.75. The van der Waals surface area contributed by atoms with Crippen molar-refractivity contribution in [1.82, 2.24) is 5.32 Å². The van der Waals surface area contributed by atoms with Gasteiger partial charge >= 0.3 is 0 Å². The van der Waals surface area contributed by atoms with Crippen LogP contribution in [-0.4, -0.2) is 17.3 Å². The van der Waals surface area contributed by atoms with Crippen molar-refractivity contribution >= 4 is 0 Å². The maximum absolute atomic E-state index is 12.8. The van der Waals surface area contributed by atoms with Crippen LogP contribution >= 0.6 is 0 Å². The summed E-state index contributed by atoms with van der Waals surface area (Å²) in [6.45, 7) is 8.58. The topological polar surface area (TPSA) is 32.3 Å². The van der Waals surface area contributed by atoms with E-state index in [0.29, 0.717) is 12.5 Å². The summed E-state index contributed by atoms with van der Waals surface area (Å²) >= 11 is 0. The van der Waals surface area contributed by atoms with E-state index in [0.717, 1.165) is 12.0 Å². The van der Waals surface area contributed by atoms with Crippen molar-refractivity contribution in [3.63, 3.8) is 0 Å². The van der Waals surface area contributed by atoms with E-state index in [-0.39, 0.29) is 11.9 Å².